The number of carbonyl (C=O) groups is 1. The number of halogens is 3. The molecule has 0 fully saturated rings. The van der Waals surface area contributed by atoms with Crippen molar-refractivity contribution < 1.29 is 14.6 Å². The fourth-order valence-corrected chi connectivity index (χ4v) is 1.75. The maximum absolute atomic E-state index is 11.0. The summed E-state index contributed by atoms with van der Waals surface area (Å²) in [7, 11) is 1.26. The second-order valence-corrected chi connectivity index (χ2v) is 4.06. The number of rotatable bonds is 3. The fourth-order valence-electron chi connectivity index (χ4n) is 1.24. The molecule has 0 bridgehead atoms. The van der Waals surface area contributed by atoms with Gasteiger partial charge in [0.25, 0.3) is 0 Å². The Morgan fingerprint density at radius 3 is 2.65 bits per heavy atom. The van der Waals surface area contributed by atoms with Gasteiger partial charge in [-0.25, -0.2) is 0 Å². The lowest BCUT2D eigenvalue weighted by Crippen LogP contribution is -2.16. The van der Waals surface area contributed by atoms with Crippen LogP contribution in [0.1, 0.15) is 18.0 Å². The minimum atomic E-state index is -0.705. The molecule has 0 aliphatic rings. The molecule has 3 N–H and O–H groups in total. The molecule has 0 unspecified atom stereocenters. The molecule has 1 rings (SSSR count). The summed E-state index contributed by atoms with van der Waals surface area (Å²) in [6, 6.07) is 2.16. The van der Waals surface area contributed by atoms with Crippen LogP contribution >= 0.6 is 35.6 Å². The number of nitrogens with two attached hydrogens (primary N) is 1. The van der Waals surface area contributed by atoms with E-state index in [1.165, 1.54) is 19.2 Å². The molecule has 0 aliphatic heterocycles. The van der Waals surface area contributed by atoms with Gasteiger partial charge in [-0.15, -0.1) is 12.4 Å². The van der Waals surface area contributed by atoms with Gasteiger partial charge in [0.05, 0.1) is 18.6 Å². The number of benzene rings is 1. The van der Waals surface area contributed by atoms with Crippen LogP contribution in [0, 0.1) is 0 Å². The molecule has 0 aromatic heterocycles. The van der Waals surface area contributed by atoms with Crippen molar-refractivity contribution in [1.29, 1.82) is 0 Å². The molecule has 0 amide bonds. The predicted octanol–water partition coefficient (Wildman–Crippen LogP) is 2.68. The smallest absolute Gasteiger partial charge is 0.307 e. The first-order valence-corrected chi connectivity index (χ1v) is 5.21. The van der Waals surface area contributed by atoms with Crippen molar-refractivity contribution in [3.05, 3.63) is 27.7 Å². The highest BCUT2D eigenvalue weighted by molar-refractivity contribution is 6.35. The fraction of sp³-hybridized carbons (Fsp3) is 0.300. The van der Waals surface area contributed by atoms with E-state index in [0.29, 0.717) is 10.6 Å². The number of hydrogen-bond donors (Lipinski definition) is 2. The first-order chi connectivity index (χ1) is 7.45. The van der Waals surface area contributed by atoms with Gasteiger partial charge in [-0.05, 0) is 12.1 Å². The predicted molar refractivity (Wildman–Crippen MR) is 68.9 cm³/mol. The highest BCUT2D eigenvalue weighted by Crippen LogP contribution is 2.35. The van der Waals surface area contributed by atoms with Crippen molar-refractivity contribution in [3.8, 4) is 5.75 Å². The zero-order valence-electron chi connectivity index (χ0n) is 8.94. The van der Waals surface area contributed by atoms with Crippen LogP contribution in [0.25, 0.3) is 0 Å². The summed E-state index contributed by atoms with van der Waals surface area (Å²) < 4.78 is 4.48. The Morgan fingerprint density at radius 1 is 1.53 bits per heavy atom. The van der Waals surface area contributed by atoms with E-state index in [1.54, 1.807) is 0 Å². The van der Waals surface area contributed by atoms with Crippen LogP contribution < -0.4 is 5.73 Å². The van der Waals surface area contributed by atoms with Crippen molar-refractivity contribution >= 4 is 41.6 Å². The first kappa shape index (κ1) is 16.3. The minimum Gasteiger partial charge on any atom is -0.506 e. The van der Waals surface area contributed by atoms with E-state index in [4.69, 9.17) is 28.9 Å². The van der Waals surface area contributed by atoms with Crippen molar-refractivity contribution in [3.63, 3.8) is 0 Å². The van der Waals surface area contributed by atoms with Crippen LogP contribution in [0.2, 0.25) is 10.0 Å². The van der Waals surface area contributed by atoms with Gasteiger partial charge in [-0.3, -0.25) is 4.79 Å². The molecule has 1 aromatic carbocycles. The van der Waals surface area contributed by atoms with Gasteiger partial charge in [-0.1, -0.05) is 23.2 Å². The van der Waals surface area contributed by atoms with Crippen LogP contribution in [-0.2, 0) is 9.53 Å². The van der Waals surface area contributed by atoms with Crippen LogP contribution in [0.15, 0.2) is 12.1 Å². The number of hydrogen-bond acceptors (Lipinski definition) is 4. The average molecular weight is 301 g/mol. The topological polar surface area (TPSA) is 72.5 Å². The lowest BCUT2D eigenvalue weighted by molar-refractivity contribution is -0.141. The molecule has 0 aliphatic carbocycles. The Balaban J connectivity index is 0.00000256. The highest BCUT2D eigenvalue weighted by atomic mass is 35.5. The molecule has 0 heterocycles. The summed E-state index contributed by atoms with van der Waals surface area (Å²) >= 11 is 11.5. The maximum atomic E-state index is 11.0. The van der Waals surface area contributed by atoms with Gasteiger partial charge < -0.3 is 15.6 Å². The van der Waals surface area contributed by atoms with Crippen molar-refractivity contribution in [2.24, 2.45) is 5.73 Å². The largest absolute Gasteiger partial charge is 0.506 e. The van der Waals surface area contributed by atoms with Crippen molar-refractivity contribution in [2.75, 3.05) is 7.11 Å². The van der Waals surface area contributed by atoms with E-state index in [-0.39, 0.29) is 29.6 Å². The molecular weight excluding hydrogens is 288 g/mol. The first-order valence-electron chi connectivity index (χ1n) is 4.46. The van der Waals surface area contributed by atoms with E-state index in [9.17, 15) is 9.90 Å². The molecule has 4 nitrogen and oxygen atoms in total. The Kier molecular flexibility index (Phi) is 6.64. The van der Waals surface area contributed by atoms with E-state index >= 15 is 0 Å². The normalized spacial score (nSPS) is 11.5. The Labute approximate surface area is 115 Å². The van der Waals surface area contributed by atoms with Gasteiger partial charge in [0, 0.05) is 16.6 Å². The summed E-state index contributed by atoms with van der Waals surface area (Å²) in [4.78, 5) is 11.0. The number of methoxy groups -OCH3 is 1. The van der Waals surface area contributed by atoms with Crippen LogP contribution in [-0.4, -0.2) is 18.2 Å². The van der Waals surface area contributed by atoms with Gasteiger partial charge in [-0.2, -0.15) is 0 Å². The van der Waals surface area contributed by atoms with E-state index < -0.39 is 12.0 Å². The Morgan fingerprint density at radius 2 is 2.12 bits per heavy atom. The van der Waals surface area contributed by atoms with Crippen molar-refractivity contribution in [1.82, 2.24) is 0 Å². The maximum Gasteiger partial charge on any atom is 0.307 e. The van der Waals surface area contributed by atoms with E-state index in [2.05, 4.69) is 4.74 Å². The van der Waals surface area contributed by atoms with Gasteiger partial charge in [0.1, 0.15) is 5.75 Å². The Hall–Kier alpha value is -0.680. The number of carbonyl (C=O) groups excluding carboxylic acids is 1. The van der Waals surface area contributed by atoms with Crippen molar-refractivity contribution in [2.45, 2.75) is 12.5 Å². The zero-order chi connectivity index (χ0) is 12.3. The molecule has 0 saturated heterocycles. The third kappa shape index (κ3) is 4.24. The zero-order valence-corrected chi connectivity index (χ0v) is 11.3. The molecule has 96 valence electrons. The second-order valence-electron chi connectivity index (χ2n) is 3.21. The lowest BCUT2D eigenvalue weighted by Gasteiger charge is -2.13. The van der Waals surface area contributed by atoms with Gasteiger partial charge in [0.15, 0.2) is 0 Å². The number of phenols is 1. The summed E-state index contributed by atoms with van der Waals surface area (Å²) in [5.74, 6) is -0.634. The molecule has 1 aromatic rings. The third-order valence-electron chi connectivity index (χ3n) is 2.07. The molecule has 17 heavy (non-hydrogen) atoms. The van der Waals surface area contributed by atoms with Crippen LogP contribution in [0.3, 0.4) is 0 Å². The minimum absolute atomic E-state index is 0. The van der Waals surface area contributed by atoms with Gasteiger partial charge in [0.2, 0.25) is 0 Å². The SMILES string of the molecule is COC(=O)C[C@H](N)c1cc(Cl)cc(Cl)c1O.Cl. The summed E-state index contributed by atoms with van der Waals surface area (Å²) in [5.41, 5.74) is 6.05. The number of phenolic OH excluding ortho intramolecular Hbond substituents is 1. The number of ether oxygens (including phenoxy) is 1. The standard InChI is InChI=1S/C10H11Cl2NO3.ClH/c1-16-9(14)4-8(13)6-2-5(11)3-7(12)10(6)15;/h2-3,8,15H,4,13H2,1H3;1H/t8-;/m0./s1. The number of esters is 1. The summed E-state index contributed by atoms with van der Waals surface area (Å²) in [6.07, 6.45) is -0.0548. The molecular formula is C10H12Cl3NO3. The van der Waals surface area contributed by atoms with E-state index in [0.717, 1.165) is 0 Å². The molecule has 7 heteroatoms. The Bertz CT molecular complexity index is 412. The second kappa shape index (κ2) is 6.91. The molecule has 0 saturated carbocycles. The van der Waals surface area contributed by atoms with E-state index in [1.807, 2.05) is 0 Å². The monoisotopic (exact) mass is 299 g/mol. The average Bonchev–Trinajstić information content (AvgIpc) is 2.22. The molecule has 0 radical (unpaired) electrons. The highest BCUT2D eigenvalue weighted by Gasteiger charge is 2.18. The molecule has 1 atom stereocenters. The quantitative estimate of drug-likeness (QED) is 0.842. The van der Waals surface area contributed by atoms with Crippen LogP contribution in [0.4, 0.5) is 0 Å². The third-order valence-corrected chi connectivity index (χ3v) is 2.58. The molecule has 0 spiro atoms. The lowest BCUT2D eigenvalue weighted by atomic mass is 10.0. The summed E-state index contributed by atoms with van der Waals surface area (Å²) in [6.45, 7) is 0. The van der Waals surface area contributed by atoms with Crippen LogP contribution in [0.5, 0.6) is 5.75 Å². The summed E-state index contributed by atoms with van der Waals surface area (Å²) in [5, 5.41) is 10.1. The number of aromatic hydroxyl groups is 1. The van der Waals surface area contributed by atoms with Gasteiger partial charge >= 0.3 is 5.97 Å².